The number of allylic oxidation sites excluding steroid dienone is 2. The fraction of sp³-hybridized carbons (Fsp3) is 0.583. The second-order valence-electron chi connectivity index (χ2n) is 4.06. The molecule has 0 N–H and O–H groups in total. The maximum Gasteiger partial charge on any atom is 0.0668 e. The Morgan fingerprint density at radius 1 is 1.43 bits per heavy atom. The Labute approximate surface area is 85.3 Å². The van der Waals surface area contributed by atoms with E-state index in [0.29, 0.717) is 17.4 Å². The van der Waals surface area contributed by atoms with Crippen LogP contribution in [-0.2, 0) is 4.79 Å². The van der Waals surface area contributed by atoms with Gasteiger partial charge < -0.3 is 9.90 Å². The van der Waals surface area contributed by atoms with Crippen LogP contribution in [0.15, 0.2) is 24.3 Å². The third-order valence-corrected chi connectivity index (χ3v) is 2.90. The van der Waals surface area contributed by atoms with Gasteiger partial charge >= 0.3 is 0 Å². The fourth-order valence-electron chi connectivity index (χ4n) is 2.05. The van der Waals surface area contributed by atoms with Gasteiger partial charge in [-0.05, 0) is 43.6 Å². The summed E-state index contributed by atoms with van der Waals surface area (Å²) in [5, 5.41) is 10.5. The highest BCUT2D eigenvalue weighted by atomic mass is 16.4. The molecule has 1 fully saturated rings. The maximum atomic E-state index is 10.5. The molecule has 1 saturated carbocycles. The van der Waals surface area contributed by atoms with Gasteiger partial charge in [0.25, 0.3) is 0 Å². The topological polar surface area (TPSA) is 40.1 Å². The van der Waals surface area contributed by atoms with E-state index in [0.717, 1.165) is 19.3 Å². The van der Waals surface area contributed by atoms with Crippen LogP contribution in [0.4, 0.5) is 0 Å². The third kappa shape index (κ3) is 3.02. The van der Waals surface area contributed by atoms with Gasteiger partial charge in [-0.15, -0.1) is 6.58 Å². The second kappa shape index (κ2) is 4.99. The summed E-state index contributed by atoms with van der Waals surface area (Å²) in [5.41, 5.74) is 0.361. The molecule has 2 atom stereocenters. The van der Waals surface area contributed by atoms with Crippen molar-refractivity contribution in [3.8, 4) is 0 Å². The van der Waals surface area contributed by atoms with Crippen LogP contribution in [0.2, 0.25) is 0 Å². The van der Waals surface area contributed by atoms with E-state index in [-0.39, 0.29) is 0 Å². The van der Waals surface area contributed by atoms with E-state index in [1.54, 1.807) is 6.92 Å². The lowest BCUT2D eigenvalue weighted by atomic mass is 9.81. The number of carbonyl (C=O) groups is 1. The van der Waals surface area contributed by atoms with E-state index in [1.807, 2.05) is 12.2 Å². The summed E-state index contributed by atoms with van der Waals surface area (Å²) in [7, 11) is 0. The van der Waals surface area contributed by atoms with Crippen molar-refractivity contribution in [2.24, 2.45) is 11.8 Å². The lowest BCUT2D eigenvalue weighted by Crippen LogP contribution is -2.24. The summed E-state index contributed by atoms with van der Waals surface area (Å²) in [5.74, 6) is -0.102. The largest absolute Gasteiger partial charge is 0.545 e. The Morgan fingerprint density at radius 3 is 2.64 bits per heavy atom. The number of aliphatic carboxylic acids is 1. The predicted molar refractivity (Wildman–Crippen MR) is 54.4 cm³/mol. The molecule has 0 amide bonds. The minimum Gasteiger partial charge on any atom is -0.545 e. The highest BCUT2D eigenvalue weighted by Gasteiger charge is 2.18. The zero-order valence-corrected chi connectivity index (χ0v) is 8.66. The summed E-state index contributed by atoms with van der Waals surface area (Å²) in [4.78, 5) is 10.5. The summed E-state index contributed by atoms with van der Waals surface area (Å²) in [6, 6.07) is 0. The van der Waals surface area contributed by atoms with E-state index in [4.69, 9.17) is 0 Å². The number of carboxylic acid groups (broad SMARTS) is 1. The number of hydrogen-bond donors (Lipinski definition) is 0. The first-order chi connectivity index (χ1) is 6.63. The molecule has 14 heavy (non-hydrogen) atoms. The number of carbonyl (C=O) groups excluding carboxylic acids is 1. The van der Waals surface area contributed by atoms with Crippen molar-refractivity contribution >= 4 is 5.97 Å². The standard InChI is InChI=1S/C12H18O2/c1-3-10-5-4-6-11(8-10)7-9(2)12(13)14/h3,7,10-11H,1,4-6,8H2,2H3,(H,13,14)/p-1/b9-7+. The normalized spacial score (nSPS) is 28.5. The molecule has 0 radical (unpaired) electrons. The van der Waals surface area contributed by atoms with E-state index < -0.39 is 5.97 Å². The average Bonchev–Trinajstić information content (AvgIpc) is 2.18. The van der Waals surface area contributed by atoms with Gasteiger partial charge in [-0.3, -0.25) is 0 Å². The number of hydrogen-bond acceptors (Lipinski definition) is 2. The Hall–Kier alpha value is -1.05. The van der Waals surface area contributed by atoms with E-state index in [1.165, 1.54) is 6.42 Å². The van der Waals surface area contributed by atoms with Crippen molar-refractivity contribution in [3.63, 3.8) is 0 Å². The van der Waals surface area contributed by atoms with Crippen molar-refractivity contribution in [1.82, 2.24) is 0 Å². The third-order valence-electron chi connectivity index (χ3n) is 2.90. The Balaban J connectivity index is 2.56. The molecule has 78 valence electrons. The smallest absolute Gasteiger partial charge is 0.0668 e. The van der Waals surface area contributed by atoms with Crippen LogP contribution in [-0.4, -0.2) is 5.97 Å². The first-order valence-corrected chi connectivity index (χ1v) is 5.15. The van der Waals surface area contributed by atoms with Gasteiger partial charge in [0, 0.05) is 0 Å². The van der Waals surface area contributed by atoms with Gasteiger partial charge in [0.2, 0.25) is 0 Å². The molecule has 2 nitrogen and oxygen atoms in total. The Morgan fingerprint density at radius 2 is 2.07 bits per heavy atom. The molecule has 0 aliphatic heterocycles. The molecule has 0 aromatic carbocycles. The van der Waals surface area contributed by atoms with Gasteiger partial charge in [0.15, 0.2) is 0 Å². The molecule has 0 spiro atoms. The minimum atomic E-state index is -1.05. The monoisotopic (exact) mass is 193 g/mol. The molecule has 1 aliphatic carbocycles. The van der Waals surface area contributed by atoms with E-state index >= 15 is 0 Å². The SMILES string of the molecule is C=CC1CCCC(/C=C(\C)C(=O)[O-])C1. The van der Waals surface area contributed by atoms with Crippen molar-refractivity contribution in [3.05, 3.63) is 24.3 Å². The molecule has 2 heteroatoms. The fourth-order valence-corrected chi connectivity index (χ4v) is 2.05. The van der Waals surface area contributed by atoms with Crippen LogP contribution in [0, 0.1) is 11.8 Å². The molecular weight excluding hydrogens is 176 g/mol. The molecule has 1 rings (SSSR count). The summed E-state index contributed by atoms with van der Waals surface area (Å²) >= 11 is 0. The lowest BCUT2D eigenvalue weighted by molar-refractivity contribution is -0.299. The first-order valence-electron chi connectivity index (χ1n) is 5.15. The van der Waals surface area contributed by atoms with Crippen LogP contribution in [0.5, 0.6) is 0 Å². The molecule has 0 saturated heterocycles. The van der Waals surface area contributed by atoms with Crippen molar-refractivity contribution in [2.75, 3.05) is 0 Å². The van der Waals surface area contributed by atoms with E-state index in [2.05, 4.69) is 6.58 Å². The van der Waals surface area contributed by atoms with E-state index in [9.17, 15) is 9.90 Å². The molecule has 0 aromatic heterocycles. The number of carboxylic acids is 1. The maximum absolute atomic E-state index is 10.5. The van der Waals surface area contributed by atoms with Crippen LogP contribution >= 0.6 is 0 Å². The predicted octanol–water partition coefficient (Wildman–Crippen LogP) is 1.68. The second-order valence-corrected chi connectivity index (χ2v) is 4.06. The molecule has 2 unspecified atom stereocenters. The molecule has 1 aliphatic rings. The molecule has 0 aromatic rings. The van der Waals surface area contributed by atoms with Crippen molar-refractivity contribution < 1.29 is 9.90 Å². The molecule has 0 bridgehead atoms. The zero-order chi connectivity index (χ0) is 10.6. The highest BCUT2D eigenvalue weighted by Crippen LogP contribution is 2.30. The number of rotatable bonds is 3. The average molecular weight is 193 g/mol. The lowest BCUT2D eigenvalue weighted by Gasteiger charge is -2.25. The van der Waals surface area contributed by atoms with Crippen LogP contribution in [0.3, 0.4) is 0 Å². The minimum absolute atomic E-state index is 0.361. The van der Waals surface area contributed by atoms with Gasteiger partial charge in [-0.2, -0.15) is 0 Å². The summed E-state index contributed by atoms with van der Waals surface area (Å²) in [6.07, 6.45) is 8.30. The Bertz CT molecular complexity index is 253. The van der Waals surface area contributed by atoms with Crippen LogP contribution in [0.1, 0.15) is 32.6 Å². The quantitative estimate of drug-likeness (QED) is 0.505. The van der Waals surface area contributed by atoms with Crippen LogP contribution in [0.25, 0.3) is 0 Å². The van der Waals surface area contributed by atoms with Crippen LogP contribution < -0.4 is 5.11 Å². The zero-order valence-electron chi connectivity index (χ0n) is 8.66. The summed E-state index contributed by atoms with van der Waals surface area (Å²) < 4.78 is 0. The highest BCUT2D eigenvalue weighted by molar-refractivity contribution is 5.83. The van der Waals surface area contributed by atoms with Gasteiger partial charge in [0.1, 0.15) is 0 Å². The Kier molecular flexibility index (Phi) is 3.93. The first kappa shape index (κ1) is 11.0. The van der Waals surface area contributed by atoms with Crippen molar-refractivity contribution in [2.45, 2.75) is 32.6 Å². The molecule has 0 heterocycles. The summed E-state index contributed by atoms with van der Waals surface area (Å²) in [6.45, 7) is 5.39. The molecular formula is C12H17O2-. The van der Waals surface area contributed by atoms with Crippen molar-refractivity contribution in [1.29, 1.82) is 0 Å². The van der Waals surface area contributed by atoms with Gasteiger partial charge in [-0.25, -0.2) is 0 Å². The van der Waals surface area contributed by atoms with Gasteiger partial charge in [0.05, 0.1) is 5.97 Å². The van der Waals surface area contributed by atoms with Gasteiger partial charge in [-0.1, -0.05) is 18.6 Å².